The molecule has 1 saturated heterocycles. The van der Waals surface area contributed by atoms with Gasteiger partial charge in [-0.1, -0.05) is 54.1 Å². The molecule has 1 fully saturated rings. The Hall–Kier alpha value is -3.48. The molecule has 31 heavy (non-hydrogen) atoms. The summed E-state index contributed by atoms with van der Waals surface area (Å²) in [6, 6.07) is 23.5. The molecular formula is C24H17ClN2O3S. The Morgan fingerprint density at radius 3 is 2.45 bits per heavy atom. The number of thiocarbonyl (C=S) groups is 1. The summed E-state index contributed by atoms with van der Waals surface area (Å²) in [6.45, 7) is 0.368. The van der Waals surface area contributed by atoms with E-state index < -0.39 is 11.8 Å². The highest BCUT2D eigenvalue weighted by atomic mass is 35.5. The number of hydrogen-bond donors (Lipinski definition) is 1. The molecule has 1 aliphatic rings. The number of carbonyl (C=O) groups is 2. The van der Waals surface area contributed by atoms with Crippen LogP contribution in [0.5, 0.6) is 5.75 Å². The van der Waals surface area contributed by atoms with Crippen LogP contribution in [-0.2, 0) is 16.2 Å². The second-order valence-corrected chi connectivity index (χ2v) is 7.60. The highest BCUT2D eigenvalue weighted by molar-refractivity contribution is 7.80. The normalized spacial score (nSPS) is 15.2. The van der Waals surface area contributed by atoms with Gasteiger partial charge in [0.1, 0.15) is 17.9 Å². The van der Waals surface area contributed by atoms with Crippen LogP contribution in [0, 0.1) is 0 Å². The smallest absolute Gasteiger partial charge is 0.270 e. The van der Waals surface area contributed by atoms with Crippen LogP contribution in [0.3, 0.4) is 0 Å². The Balaban J connectivity index is 1.56. The molecule has 0 radical (unpaired) electrons. The largest absolute Gasteiger partial charge is 0.489 e. The van der Waals surface area contributed by atoms with Gasteiger partial charge in [-0.15, -0.1) is 0 Å². The lowest BCUT2D eigenvalue weighted by molar-refractivity contribution is -0.122. The first kappa shape index (κ1) is 20.8. The number of halogens is 1. The number of nitrogens with one attached hydrogen (secondary N) is 1. The minimum Gasteiger partial charge on any atom is -0.489 e. The fourth-order valence-electron chi connectivity index (χ4n) is 3.08. The van der Waals surface area contributed by atoms with E-state index in [-0.39, 0.29) is 10.7 Å². The third-order valence-corrected chi connectivity index (χ3v) is 5.14. The van der Waals surface area contributed by atoms with Gasteiger partial charge in [-0.25, -0.2) is 0 Å². The van der Waals surface area contributed by atoms with Gasteiger partial charge in [0.15, 0.2) is 5.11 Å². The van der Waals surface area contributed by atoms with Gasteiger partial charge < -0.3 is 4.74 Å². The molecule has 0 aromatic heterocycles. The molecular weight excluding hydrogens is 432 g/mol. The van der Waals surface area contributed by atoms with Crippen molar-refractivity contribution < 1.29 is 14.3 Å². The van der Waals surface area contributed by atoms with E-state index in [2.05, 4.69) is 5.32 Å². The number of rotatable bonds is 5. The van der Waals surface area contributed by atoms with Crippen molar-refractivity contribution >= 4 is 52.5 Å². The SMILES string of the molecule is O=C1NC(=S)N(c2ccccc2)C(=O)/C1=C/c1cccc(OCc2ccc(Cl)cc2)c1. The van der Waals surface area contributed by atoms with Gasteiger partial charge in [-0.05, 0) is 65.8 Å². The maximum atomic E-state index is 13.0. The number of carbonyl (C=O) groups excluding carboxylic acids is 2. The average Bonchev–Trinajstić information content (AvgIpc) is 2.77. The lowest BCUT2D eigenvalue weighted by Gasteiger charge is -2.28. The molecule has 1 N–H and O–H groups in total. The van der Waals surface area contributed by atoms with Crippen molar-refractivity contribution in [2.75, 3.05) is 4.90 Å². The predicted octanol–water partition coefficient (Wildman–Crippen LogP) is 4.75. The zero-order valence-corrected chi connectivity index (χ0v) is 17.8. The summed E-state index contributed by atoms with van der Waals surface area (Å²) in [5.41, 5.74) is 2.21. The van der Waals surface area contributed by atoms with Crippen LogP contribution in [0.15, 0.2) is 84.4 Å². The summed E-state index contributed by atoms with van der Waals surface area (Å²) in [4.78, 5) is 26.8. The van der Waals surface area contributed by atoms with E-state index in [1.165, 1.54) is 11.0 Å². The molecule has 2 amide bonds. The Labute approximate surface area is 189 Å². The molecule has 0 unspecified atom stereocenters. The Morgan fingerprint density at radius 2 is 1.71 bits per heavy atom. The van der Waals surface area contributed by atoms with Crippen LogP contribution in [0.2, 0.25) is 5.02 Å². The van der Waals surface area contributed by atoms with Gasteiger partial charge in [0, 0.05) is 5.02 Å². The molecule has 0 saturated carbocycles. The van der Waals surface area contributed by atoms with Crippen LogP contribution >= 0.6 is 23.8 Å². The van der Waals surface area contributed by atoms with Crippen molar-refractivity contribution in [1.29, 1.82) is 0 Å². The monoisotopic (exact) mass is 448 g/mol. The van der Waals surface area contributed by atoms with Gasteiger partial charge in [0.2, 0.25) is 0 Å². The van der Waals surface area contributed by atoms with E-state index in [4.69, 9.17) is 28.6 Å². The van der Waals surface area contributed by atoms with E-state index in [1.807, 2.05) is 24.3 Å². The van der Waals surface area contributed by atoms with Crippen molar-refractivity contribution in [2.45, 2.75) is 6.61 Å². The minimum atomic E-state index is -0.533. The summed E-state index contributed by atoms with van der Waals surface area (Å²) in [7, 11) is 0. The standard InChI is InChI=1S/C24H17ClN2O3S/c25-18-11-9-16(10-12-18)15-30-20-8-4-5-17(13-20)14-21-22(28)26-24(31)27(23(21)29)19-6-2-1-3-7-19/h1-14H,15H2,(H,26,28,31)/b21-14+. The Morgan fingerprint density at radius 1 is 0.968 bits per heavy atom. The third kappa shape index (κ3) is 4.82. The molecule has 1 heterocycles. The van der Waals surface area contributed by atoms with Gasteiger partial charge in [-0.2, -0.15) is 0 Å². The fraction of sp³-hybridized carbons (Fsp3) is 0.0417. The van der Waals surface area contributed by atoms with Crippen molar-refractivity contribution in [3.63, 3.8) is 0 Å². The van der Waals surface area contributed by atoms with Crippen molar-refractivity contribution in [3.05, 3.63) is 101 Å². The quantitative estimate of drug-likeness (QED) is 0.347. The zero-order valence-electron chi connectivity index (χ0n) is 16.2. The van der Waals surface area contributed by atoms with Crippen LogP contribution in [-0.4, -0.2) is 16.9 Å². The molecule has 0 spiro atoms. The molecule has 4 rings (SSSR count). The molecule has 0 aliphatic carbocycles. The van der Waals surface area contributed by atoms with E-state index >= 15 is 0 Å². The number of nitrogens with zero attached hydrogens (tertiary/aromatic N) is 1. The fourth-order valence-corrected chi connectivity index (χ4v) is 3.48. The van der Waals surface area contributed by atoms with Crippen molar-refractivity contribution in [1.82, 2.24) is 5.32 Å². The van der Waals surface area contributed by atoms with Gasteiger partial charge in [0.25, 0.3) is 11.8 Å². The number of ether oxygens (including phenoxy) is 1. The summed E-state index contributed by atoms with van der Waals surface area (Å²) in [5, 5.41) is 3.30. The molecule has 154 valence electrons. The predicted molar refractivity (Wildman–Crippen MR) is 125 cm³/mol. The summed E-state index contributed by atoms with van der Waals surface area (Å²) < 4.78 is 5.83. The third-order valence-electron chi connectivity index (χ3n) is 4.60. The first-order chi connectivity index (χ1) is 15.0. The maximum absolute atomic E-state index is 13.0. The van der Waals surface area contributed by atoms with Gasteiger partial charge in [0.05, 0.1) is 5.69 Å². The molecule has 1 aliphatic heterocycles. The maximum Gasteiger partial charge on any atom is 0.270 e. The van der Waals surface area contributed by atoms with E-state index in [0.29, 0.717) is 28.6 Å². The van der Waals surface area contributed by atoms with Crippen molar-refractivity contribution in [3.8, 4) is 5.75 Å². The second-order valence-electron chi connectivity index (χ2n) is 6.78. The van der Waals surface area contributed by atoms with Gasteiger partial charge >= 0.3 is 0 Å². The summed E-state index contributed by atoms with van der Waals surface area (Å²) >= 11 is 11.1. The summed E-state index contributed by atoms with van der Waals surface area (Å²) in [6.07, 6.45) is 1.53. The second kappa shape index (κ2) is 9.12. The Kier molecular flexibility index (Phi) is 6.11. The van der Waals surface area contributed by atoms with E-state index in [9.17, 15) is 9.59 Å². The number of para-hydroxylation sites is 1. The molecule has 3 aromatic rings. The van der Waals surface area contributed by atoms with Crippen LogP contribution in [0.25, 0.3) is 6.08 Å². The van der Waals surface area contributed by atoms with Gasteiger partial charge in [-0.3, -0.25) is 19.8 Å². The van der Waals surface area contributed by atoms with Crippen LogP contribution < -0.4 is 15.0 Å². The number of hydrogen-bond acceptors (Lipinski definition) is 4. The highest BCUT2D eigenvalue weighted by Crippen LogP contribution is 2.23. The lowest BCUT2D eigenvalue weighted by atomic mass is 10.1. The molecule has 3 aromatic carbocycles. The van der Waals surface area contributed by atoms with Crippen molar-refractivity contribution in [2.24, 2.45) is 0 Å². The van der Waals surface area contributed by atoms with E-state index in [0.717, 1.165) is 5.56 Å². The first-order valence-corrected chi connectivity index (χ1v) is 10.2. The number of amides is 2. The average molecular weight is 449 g/mol. The number of benzene rings is 3. The minimum absolute atomic E-state index is 0.00713. The number of anilines is 1. The Bertz CT molecular complexity index is 1180. The van der Waals surface area contributed by atoms with Crippen LogP contribution in [0.1, 0.15) is 11.1 Å². The molecule has 0 atom stereocenters. The van der Waals surface area contributed by atoms with E-state index in [1.54, 1.807) is 54.6 Å². The zero-order chi connectivity index (χ0) is 21.8. The molecule has 7 heteroatoms. The molecule has 0 bridgehead atoms. The topological polar surface area (TPSA) is 58.6 Å². The summed E-state index contributed by atoms with van der Waals surface area (Å²) in [5.74, 6) is -0.398. The molecule has 5 nitrogen and oxygen atoms in total. The van der Waals surface area contributed by atoms with Crippen LogP contribution in [0.4, 0.5) is 5.69 Å². The first-order valence-electron chi connectivity index (χ1n) is 9.45. The highest BCUT2D eigenvalue weighted by Gasteiger charge is 2.34. The lowest BCUT2D eigenvalue weighted by Crippen LogP contribution is -2.54.